The second-order valence-electron chi connectivity index (χ2n) is 4.26. The lowest BCUT2D eigenvalue weighted by atomic mass is 10.3. The first kappa shape index (κ1) is 15.4. The molecular weight excluding hydrogens is 270 g/mol. The number of sulfonamides is 1. The molecule has 2 N–H and O–H groups in total. The summed E-state index contributed by atoms with van der Waals surface area (Å²) in [5.74, 6) is 0. The highest BCUT2D eigenvalue weighted by atomic mass is 32.2. The molecule has 0 saturated heterocycles. The van der Waals surface area contributed by atoms with Crippen molar-refractivity contribution < 1.29 is 13.3 Å². The first-order chi connectivity index (χ1) is 8.71. The van der Waals surface area contributed by atoms with Gasteiger partial charge in [0.25, 0.3) is 5.69 Å². The number of nitro benzene ring substituents is 1. The van der Waals surface area contributed by atoms with Crippen LogP contribution >= 0.6 is 0 Å². The van der Waals surface area contributed by atoms with Crippen molar-refractivity contribution in [3.63, 3.8) is 0 Å². The number of nitrogens with zero attached hydrogens (tertiary/aromatic N) is 2. The number of nitrogens with two attached hydrogens (primary N) is 1. The molecule has 106 valence electrons. The Morgan fingerprint density at radius 3 is 2.47 bits per heavy atom. The number of hydrogen-bond donors (Lipinski definition) is 1. The van der Waals surface area contributed by atoms with Crippen LogP contribution < -0.4 is 5.73 Å². The summed E-state index contributed by atoms with van der Waals surface area (Å²) in [6.45, 7) is 3.66. The van der Waals surface area contributed by atoms with Crippen LogP contribution in [0, 0.1) is 10.1 Å². The van der Waals surface area contributed by atoms with Gasteiger partial charge < -0.3 is 5.73 Å². The van der Waals surface area contributed by atoms with E-state index in [1.807, 2.05) is 6.92 Å². The topological polar surface area (TPSA) is 107 Å². The summed E-state index contributed by atoms with van der Waals surface area (Å²) in [5, 5.41) is 10.6. The van der Waals surface area contributed by atoms with Crippen molar-refractivity contribution in [2.24, 2.45) is 0 Å². The Kier molecular flexibility index (Phi) is 4.48. The molecule has 0 aliphatic carbocycles. The predicted molar refractivity (Wildman–Crippen MR) is 72.2 cm³/mol. The molecule has 1 atom stereocenters. The lowest BCUT2D eigenvalue weighted by molar-refractivity contribution is -0.383. The molecule has 0 radical (unpaired) electrons. The zero-order valence-electron chi connectivity index (χ0n) is 11.0. The fourth-order valence-corrected chi connectivity index (χ4v) is 2.99. The summed E-state index contributed by atoms with van der Waals surface area (Å²) in [7, 11) is -2.21. The van der Waals surface area contributed by atoms with Crippen LogP contribution in [0.5, 0.6) is 0 Å². The molecule has 1 rings (SSSR count). The van der Waals surface area contributed by atoms with Crippen molar-refractivity contribution >= 4 is 21.4 Å². The second kappa shape index (κ2) is 5.54. The van der Waals surface area contributed by atoms with Gasteiger partial charge in [0, 0.05) is 19.2 Å². The molecule has 7 nitrogen and oxygen atoms in total. The maximum atomic E-state index is 12.3. The summed E-state index contributed by atoms with van der Waals surface area (Å²) in [4.78, 5) is 9.95. The normalized spacial score (nSPS) is 13.5. The Morgan fingerprint density at radius 1 is 1.47 bits per heavy atom. The average Bonchev–Trinajstić information content (AvgIpc) is 2.36. The maximum Gasteiger partial charge on any atom is 0.292 e. The summed E-state index contributed by atoms with van der Waals surface area (Å²) >= 11 is 0. The molecule has 0 aromatic heterocycles. The molecule has 0 aliphatic rings. The second-order valence-corrected chi connectivity index (χ2v) is 6.25. The lowest BCUT2D eigenvalue weighted by Gasteiger charge is -2.23. The zero-order valence-corrected chi connectivity index (χ0v) is 11.8. The maximum absolute atomic E-state index is 12.3. The summed E-state index contributed by atoms with van der Waals surface area (Å²) in [6.07, 6.45) is 0.665. The van der Waals surface area contributed by atoms with E-state index in [9.17, 15) is 18.5 Å². The predicted octanol–water partition coefficient (Wildman–Crippen LogP) is 1.60. The standard InChI is InChI=1S/C11H17N3O4S/c1-4-8(2)13(3)19(17,18)9-5-6-11(14(15)16)10(12)7-9/h5-8H,4,12H2,1-3H3. The van der Waals surface area contributed by atoms with Crippen molar-refractivity contribution in [3.05, 3.63) is 28.3 Å². The molecule has 1 aromatic rings. The van der Waals surface area contributed by atoms with Crippen molar-refractivity contribution in [3.8, 4) is 0 Å². The van der Waals surface area contributed by atoms with Gasteiger partial charge in [-0.15, -0.1) is 0 Å². The molecule has 0 heterocycles. The van der Waals surface area contributed by atoms with Crippen molar-refractivity contribution in [2.75, 3.05) is 12.8 Å². The van der Waals surface area contributed by atoms with Crippen LogP contribution in [0.3, 0.4) is 0 Å². The van der Waals surface area contributed by atoms with Gasteiger partial charge in [-0.1, -0.05) is 6.92 Å². The van der Waals surface area contributed by atoms with Crippen molar-refractivity contribution in [1.29, 1.82) is 0 Å². The SMILES string of the molecule is CCC(C)N(C)S(=O)(=O)c1ccc([N+](=O)[O-])c(N)c1. The van der Waals surface area contributed by atoms with Gasteiger partial charge in [-0.3, -0.25) is 10.1 Å². The van der Waals surface area contributed by atoms with Gasteiger partial charge in [-0.25, -0.2) is 8.42 Å². The summed E-state index contributed by atoms with van der Waals surface area (Å²) in [6, 6.07) is 3.25. The molecule has 0 saturated carbocycles. The molecule has 19 heavy (non-hydrogen) atoms. The van der Waals surface area contributed by atoms with E-state index in [4.69, 9.17) is 5.73 Å². The highest BCUT2D eigenvalue weighted by Crippen LogP contribution is 2.26. The van der Waals surface area contributed by atoms with Gasteiger partial charge in [0.15, 0.2) is 0 Å². The molecule has 8 heteroatoms. The van der Waals surface area contributed by atoms with E-state index in [1.54, 1.807) is 6.92 Å². The molecule has 1 aromatic carbocycles. The van der Waals surface area contributed by atoms with Crippen LogP contribution in [-0.2, 0) is 10.0 Å². The molecule has 0 spiro atoms. The summed E-state index contributed by atoms with van der Waals surface area (Å²) in [5.41, 5.74) is 5.04. The third-order valence-corrected chi connectivity index (χ3v) is 5.05. The number of anilines is 1. The van der Waals surface area contributed by atoms with E-state index in [0.717, 1.165) is 12.1 Å². The first-order valence-electron chi connectivity index (χ1n) is 5.73. The minimum absolute atomic E-state index is 0.0431. The smallest absolute Gasteiger partial charge is 0.292 e. The highest BCUT2D eigenvalue weighted by molar-refractivity contribution is 7.89. The molecule has 0 fully saturated rings. The van der Waals surface area contributed by atoms with Crippen LogP contribution in [0.2, 0.25) is 0 Å². The number of nitrogen functional groups attached to an aromatic ring is 1. The lowest BCUT2D eigenvalue weighted by Crippen LogP contribution is -2.34. The number of rotatable bonds is 5. The van der Waals surface area contributed by atoms with E-state index < -0.39 is 14.9 Å². The summed E-state index contributed by atoms with van der Waals surface area (Å²) < 4.78 is 25.8. The monoisotopic (exact) mass is 287 g/mol. The van der Waals surface area contributed by atoms with Gasteiger partial charge in [0.05, 0.1) is 9.82 Å². The number of benzene rings is 1. The number of nitro groups is 1. The van der Waals surface area contributed by atoms with Gasteiger partial charge in [-0.2, -0.15) is 4.31 Å². The molecule has 0 bridgehead atoms. The number of hydrogen-bond acceptors (Lipinski definition) is 5. The van der Waals surface area contributed by atoms with Crippen LogP contribution in [-0.4, -0.2) is 30.7 Å². The third kappa shape index (κ3) is 3.02. The van der Waals surface area contributed by atoms with Crippen LogP contribution in [0.4, 0.5) is 11.4 Å². The minimum atomic E-state index is -3.68. The van der Waals surface area contributed by atoms with Crippen LogP contribution in [0.15, 0.2) is 23.1 Å². The Morgan fingerprint density at radius 2 is 2.05 bits per heavy atom. The van der Waals surface area contributed by atoms with Crippen LogP contribution in [0.25, 0.3) is 0 Å². The van der Waals surface area contributed by atoms with Gasteiger partial charge in [-0.05, 0) is 25.5 Å². The quantitative estimate of drug-likeness (QED) is 0.503. The molecule has 0 aliphatic heterocycles. The van der Waals surface area contributed by atoms with Gasteiger partial charge >= 0.3 is 0 Å². The Hall–Kier alpha value is -1.67. The van der Waals surface area contributed by atoms with E-state index in [-0.39, 0.29) is 22.3 Å². The van der Waals surface area contributed by atoms with Crippen LogP contribution in [0.1, 0.15) is 20.3 Å². The average molecular weight is 287 g/mol. The molecule has 1 unspecified atom stereocenters. The molecular formula is C11H17N3O4S. The van der Waals surface area contributed by atoms with Crippen molar-refractivity contribution in [1.82, 2.24) is 4.31 Å². The van der Waals surface area contributed by atoms with Gasteiger partial charge in [0.1, 0.15) is 5.69 Å². The Balaban J connectivity index is 3.24. The fourth-order valence-electron chi connectivity index (χ4n) is 1.52. The van der Waals surface area contributed by atoms with Crippen molar-refractivity contribution in [2.45, 2.75) is 31.2 Å². The van der Waals surface area contributed by atoms with Gasteiger partial charge in [0.2, 0.25) is 10.0 Å². The minimum Gasteiger partial charge on any atom is -0.393 e. The highest BCUT2D eigenvalue weighted by Gasteiger charge is 2.26. The van der Waals surface area contributed by atoms with E-state index in [1.165, 1.54) is 17.4 Å². The van der Waals surface area contributed by atoms with E-state index in [2.05, 4.69) is 0 Å². The van der Waals surface area contributed by atoms with E-state index in [0.29, 0.717) is 6.42 Å². The fraction of sp³-hybridized carbons (Fsp3) is 0.455. The zero-order chi connectivity index (χ0) is 14.8. The third-order valence-electron chi connectivity index (χ3n) is 3.08. The van der Waals surface area contributed by atoms with E-state index >= 15 is 0 Å². The first-order valence-corrected chi connectivity index (χ1v) is 7.17. The Labute approximate surface area is 112 Å². The Bertz CT molecular complexity index is 586. The molecule has 0 amide bonds. The largest absolute Gasteiger partial charge is 0.393 e.